The molecular weight excluding hydrogens is 210 g/mol. The summed E-state index contributed by atoms with van der Waals surface area (Å²) in [5.74, 6) is -0.193. The van der Waals surface area contributed by atoms with Crippen molar-refractivity contribution in [1.82, 2.24) is 10.2 Å². The largest absolute Gasteiger partial charge is 0.477 e. The topological polar surface area (TPSA) is 95.1 Å². The summed E-state index contributed by atoms with van der Waals surface area (Å²) in [4.78, 5) is 21.8. The van der Waals surface area contributed by atoms with Crippen LogP contribution in [0.2, 0.25) is 0 Å². The third kappa shape index (κ3) is 2.21. The van der Waals surface area contributed by atoms with E-state index < -0.39 is 11.5 Å². The average Bonchev–Trinajstić information content (AvgIpc) is 2.17. The number of aromatic nitrogens is 2. The molecule has 16 heavy (non-hydrogen) atoms. The molecule has 1 aromatic rings. The number of hydrogen-bond donors (Lipinski definition) is 3. The zero-order valence-electron chi connectivity index (χ0n) is 8.69. The van der Waals surface area contributed by atoms with Crippen molar-refractivity contribution in [2.75, 3.05) is 11.9 Å². The molecule has 2 rings (SSSR count). The maximum absolute atomic E-state index is 11.1. The summed E-state index contributed by atoms with van der Waals surface area (Å²) in [7, 11) is 0. The van der Waals surface area contributed by atoms with Gasteiger partial charge in [0.15, 0.2) is 0 Å². The van der Waals surface area contributed by atoms with Crippen molar-refractivity contribution in [2.24, 2.45) is 5.92 Å². The van der Waals surface area contributed by atoms with Gasteiger partial charge in [-0.05, 0) is 18.8 Å². The van der Waals surface area contributed by atoms with E-state index in [1.54, 1.807) is 0 Å². The van der Waals surface area contributed by atoms with Crippen molar-refractivity contribution < 1.29 is 9.90 Å². The number of H-pyrrole nitrogens is 1. The van der Waals surface area contributed by atoms with E-state index in [-0.39, 0.29) is 5.56 Å². The zero-order valence-corrected chi connectivity index (χ0v) is 8.69. The number of carboxylic acids is 1. The molecule has 0 saturated heterocycles. The first-order valence-corrected chi connectivity index (χ1v) is 5.23. The van der Waals surface area contributed by atoms with Crippen LogP contribution in [-0.2, 0) is 0 Å². The Labute approximate surface area is 91.7 Å². The van der Waals surface area contributed by atoms with Crippen LogP contribution in [0.3, 0.4) is 0 Å². The molecule has 1 aromatic heterocycles. The molecule has 0 atom stereocenters. The van der Waals surface area contributed by atoms with Gasteiger partial charge in [-0.3, -0.25) is 4.79 Å². The lowest BCUT2D eigenvalue weighted by Crippen LogP contribution is -2.24. The second-order valence-electron chi connectivity index (χ2n) is 3.98. The first-order chi connectivity index (χ1) is 7.66. The molecule has 1 fully saturated rings. The fourth-order valence-electron chi connectivity index (χ4n) is 1.60. The Balaban J connectivity index is 2.06. The second kappa shape index (κ2) is 4.34. The zero-order chi connectivity index (χ0) is 11.5. The molecule has 1 heterocycles. The quantitative estimate of drug-likeness (QED) is 0.697. The predicted octanol–water partition coefficient (Wildman–Crippen LogP) is 0.680. The first-order valence-electron chi connectivity index (χ1n) is 5.23. The van der Waals surface area contributed by atoms with Crippen LogP contribution in [0.1, 0.15) is 29.6 Å². The summed E-state index contributed by atoms with van der Waals surface area (Å²) in [6, 6.07) is 1.26. The molecule has 0 spiro atoms. The predicted molar refractivity (Wildman–Crippen MR) is 57.6 cm³/mol. The Hall–Kier alpha value is -1.85. The molecule has 6 heteroatoms. The molecule has 0 unspecified atom stereocenters. The molecular formula is C10H13N3O3. The van der Waals surface area contributed by atoms with Gasteiger partial charge in [0.2, 0.25) is 0 Å². The van der Waals surface area contributed by atoms with Gasteiger partial charge in [-0.15, -0.1) is 0 Å². The highest BCUT2D eigenvalue weighted by Crippen LogP contribution is 2.26. The van der Waals surface area contributed by atoms with Gasteiger partial charge in [-0.1, -0.05) is 6.42 Å². The van der Waals surface area contributed by atoms with Crippen molar-refractivity contribution in [3.05, 3.63) is 22.0 Å². The van der Waals surface area contributed by atoms with Crippen molar-refractivity contribution in [3.63, 3.8) is 0 Å². The van der Waals surface area contributed by atoms with Gasteiger partial charge in [-0.25, -0.2) is 9.89 Å². The standard InChI is InChI=1S/C10H13N3O3/c14-9-7(10(15)16)4-8(12-13-9)11-5-6-2-1-3-6/h4,6H,1-3,5H2,(H,11,12)(H,13,14)(H,15,16). The van der Waals surface area contributed by atoms with Gasteiger partial charge in [0.25, 0.3) is 5.56 Å². The molecule has 1 saturated carbocycles. The third-order valence-electron chi connectivity index (χ3n) is 2.83. The van der Waals surface area contributed by atoms with Crippen LogP contribution in [0.4, 0.5) is 5.82 Å². The maximum atomic E-state index is 11.1. The van der Waals surface area contributed by atoms with E-state index in [9.17, 15) is 9.59 Å². The molecule has 0 bridgehead atoms. The lowest BCUT2D eigenvalue weighted by molar-refractivity contribution is 0.0694. The lowest BCUT2D eigenvalue weighted by atomic mass is 9.85. The monoisotopic (exact) mass is 223 g/mol. The Kier molecular flexibility index (Phi) is 2.89. The highest BCUT2D eigenvalue weighted by atomic mass is 16.4. The van der Waals surface area contributed by atoms with E-state index in [0.717, 1.165) is 6.54 Å². The average molecular weight is 223 g/mol. The molecule has 0 amide bonds. The van der Waals surface area contributed by atoms with E-state index in [1.807, 2.05) is 0 Å². The minimum absolute atomic E-state index is 0.286. The van der Waals surface area contributed by atoms with Gasteiger partial charge < -0.3 is 10.4 Å². The molecule has 1 aliphatic carbocycles. The number of nitrogens with zero attached hydrogens (tertiary/aromatic N) is 1. The maximum Gasteiger partial charge on any atom is 0.341 e. The van der Waals surface area contributed by atoms with E-state index in [1.165, 1.54) is 25.3 Å². The van der Waals surface area contributed by atoms with E-state index >= 15 is 0 Å². The van der Waals surface area contributed by atoms with Crippen LogP contribution in [0.25, 0.3) is 0 Å². The minimum Gasteiger partial charge on any atom is -0.477 e. The highest BCUT2D eigenvalue weighted by Gasteiger charge is 2.17. The highest BCUT2D eigenvalue weighted by molar-refractivity contribution is 5.87. The van der Waals surface area contributed by atoms with E-state index in [0.29, 0.717) is 11.7 Å². The number of aromatic carboxylic acids is 1. The van der Waals surface area contributed by atoms with Gasteiger partial charge >= 0.3 is 5.97 Å². The molecule has 1 aliphatic rings. The van der Waals surface area contributed by atoms with Gasteiger partial charge in [0.05, 0.1) is 0 Å². The Morgan fingerprint density at radius 3 is 2.94 bits per heavy atom. The fraction of sp³-hybridized carbons (Fsp3) is 0.500. The Bertz CT molecular complexity index is 451. The second-order valence-corrected chi connectivity index (χ2v) is 3.98. The summed E-state index contributed by atoms with van der Waals surface area (Å²) < 4.78 is 0. The molecule has 0 radical (unpaired) electrons. The number of rotatable bonds is 4. The molecule has 86 valence electrons. The summed E-state index contributed by atoms with van der Waals surface area (Å²) in [5.41, 5.74) is -0.965. The fourth-order valence-corrected chi connectivity index (χ4v) is 1.60. The van der Waals surface area contributed by atoms with Gasteiger partial charge in [0, 0.05) is 12.6 Å². The molecule has 3 N–H and O–H groups in total. The van der Waals surface area contributed by atoms with Gasteiger partial charge in [0.1, 0.15) is 11.4 Å². The van der Waals surface area contributed by atoms with Crippen LogP contribution in [0, 0.1) is 5.92 Å². The summed E-state index contributed by atoms with van der Waals surface area (Å²) >= 11 is 0. The summed E-state index contributed by atoms with van der Waals surface area (Å²) in [6.07, 6.45) is 3.65. The number of hydrogen-bond acceptors (Lipinski definition) is 4. The van der Waals surface area contributed by atoms with Crippen LogP contribution >= 0.6 is 0 Å². The number of carbonyl (C=O) groups is 1. The number of aromatic amines is 1. The van der Waals surface area contributed by atoms with E-state index in [2.05, 4.69) is 15.5 Å². The smallest absolute Gasteiger partial charge is 0.341 e. The normalized spacial score (nSPS) is 15.5. The minimum atomic E-state index is -1.24. The summed E-state index contributed by atoms with van der Waals surface area (Å²) in [5, 5.41) is 17.7. The molecule has 0 aliphatic heterocycles. The van der Waals surface area contributed by atoms with Crippen molar-refractivity contribution >= 4 is 11.8 Å². The van der Waals surface area contributed by atoms with Crippen molar-refractivity contribution in [2.45, 2.75) is 19.3 Å². The van der Waals surface area contributed by atoms with Crippen LogP contribution in [0.5, 0.6) is 0 Å². The van der Waals surface area contributed by atoms with Crippen LogP contribution < -0.4 is 10.9 Å². The number of nitrogens with one attached hydrogen (secondary N) is 2. The Morgan fingerprint density at radius 2 is 2.38 bits per heavy atom. The van der Waals surface area contributed by atoms with Crippen LogP contribution in [-0.4, -0.2) is 27.8 Å². The van der Waals surface area contributed by atoms with Crippen LogP contribution in [0.15, 0.2) is 10.9 Å². The number of carboxylic acid groups (broad SMARTS) is 1. The van der Waals surface area contributed by atoms with Crippen molar-refractivity contribution in [3.8, 4) is 0 Å². The third-order valence-corrected chi connectivity index (χ3v) is 2.83. The SMILES string of the molecule is O=C(O)c1cc(NCC2CCC2)n[nH]c1=O. The van der Waals surface area contributed by atoms with Gasteiger partial charge in [-0.2, -0.15) is 5.10 Å². The molecule has 6 nitrogen and oxygen atoms in total. The summed E-state index contributed by atoms with van der Waals surface area (Å²) in [6.45, 7) is 0.776. The Morgan fingerprint density at radius 1 is 1.62 bits per heavy atom. The number of anilines is 1. The van der Waals surface area contributed by atoms with E-state index in [4.69, 9.17) is 5.11 Å². The lowest BCUT2D eigenvalue weighted by Gasteiger charge is -2.25. The van der Waals surface area contributed by atoms with Crippen molar-refractivity contribution in [1.29, 1.82) is 0 Å². The molecule has 0 aromatic carbocycles. The first kappa shape index (κ1) is 10.7.